The number of amides is 2. The highest BCUT2D eigenvalue weighted by molar-refractivity contribution is 6.08. The van der Waals surface area contributed by atoms with Crippen LogP contribution in [-0.4, -0.2) is 37.6 Å². The molecule has 29 heavy (non-hydrogen) atoms. The maximum atomic E-state index is 13.2. The number of nitrogens with zero attached hydrogens (tertiary/aromatic N) is 1. The average Bonchev–Trinajstić information content (AvgIpc) is 2.77. The van der Waals surface area contributed by atoms with Crippen LogP contribution in [0.1, 0.15) is 43.5 Å². The van der Waals surface area contributed by atoms with Crippen molar-refractivity contribution in [3.8, 4) is 11.5 Å². The minimum atomic E-state index is -0.739. The minimum Gasteiger partial charge on any atom is -0.494 e. The van der Waals surface area contributed by atoms with Gasteiger partial charge in [-0.15, -0.1) is 0 Å². The van der Waals surface area contributed by atoms with Crippen LogP contribution in [0.25, 0.3) is 0 Å². The fraction of sp³-hybridized carbons (Fsp3) is 0.391. The molecule has 0 bridgehead atoms. The van der Waals surface area contributed by atoms with Gasteiger partial charge in [0.05, 0.1) is 18.8 Å². The maximum Gasteiger partial charge on any atom is 0.262 e. The van der Waals surface area contributed by atoms with Crippen molar-refractivity contribution >= 4 is 17.5 Å². The first-order valence-corrected chi connectivity index (χ1v) is 10.2. The summed E-state index contributed by atoms with van der Waals surface area (Å²) in [7, 11) is 0. The monoisotopic (exact) mass is 396 g/mol. The number of para-hydroxylation sites is 2. The van der Waals surface area contributed by atoms with Crippen LogP contribution in [0.4, 0.5) is 5.69 Å². The summed E-state index contributed by atoms with van der Waals surface area (Å²) in [4.78, 5) is 27.3. The molecule has 0 aromatic heterocycles. The molecule has 0 aliphatic carbocycles. The van der Waals surface area contributed by atoms with E-state index in [4.69, 9.17) is 9.47 Å². The number of fused-ring (bicyclic) bond motifs is 1. The highest BCUT2D eigenvalue weighted by Gasteiger charge is 2.34. The summed E-state index contributed by atoms with van der Waals surface area (Å²) in [6, 6.07) is 14.4. The van der Waals surface area contributed by atoms with Crippen LogP contribution in [0.3, 0.4) is 0 Å². The van der Waals surface area contributed by atoms with E-state index >= 15 is 0 Å². The number of hydrogen-bond acceptors (Lipinski definition) is 4. The molecule has 1 N–H and O–H groups in total. The molecule has 6 heteroatoms. The Bertz CT molecular complexity index is 835. The lowest BCUT2D eigenvalue weighted by Gasteiger charge is -2.34. The molecular weight excluding hydrogens is 368 g/mol. The first-order valence-electron chi connectivity index (χ1n) is 10.2. The summed E-state index contributed by atoms with van der Waals surface area (Å²) >= 11 is 0. The average molecular weight is 396 g/mol. The minimum absolute atomic E-state index is 0.167. The number of carbonyl (C=O) groups excluding carboxylic acids is 2. The normalized spacial score (nSPS) is 15.2. The largest absolute Gasteiger partial charge is 0.494 e. The molecule has 0 unspecified atom stereocenters. The molecule has 2 aromatic rings. The smallest absolute Gasteiger partial charge is 0.262 e. The Kier molecular flexibility index (Phi) is 7.11. The molecule has 0 saturated carbocycles. The van der Waals surface area contributed by atoms with Crippen LogP contribution in [0.5, 0.6) is 11.5 Å². The summed E-state index contributed by atoms with van der Waals surface area (Å²) in [6.45, 7) is 5.51. The summed E-state index contributed by atoms with van der Waals surface area (Å²) in [5.74, 6) is 0.894. The van der Waals surface area contributed by atoms with Crippen LogP contribution in [-0.2, 0) is 4.79 Å². The molecule has 2 amide bonds. The predicted molar refractivity (Wildman–Crippen MR) is 113 cm³/mol. The lowest BCUT2D eigenvalue weighted by atomic mass is 10.1. The van der Waals surface area contributed by atoms with Crippen LogP contribution in [0.2, 0.25) is 0 Å². The van der Waals surface area contributed by atoms with Crippen molar-refractivity contribution in [3.63, 3.8) is 0 Å². The lowest BCUT2D eigenvalue weighted by molar-refractivity contribution is -0.127. The molecule has 1 atom stereocenters. The van der Waals surface area contributed by atoms with Crippen molar-refractivity contribution in [3.05, 3.63) is 54.1 Å². The number of benzene rings is 2. The van der Waals surface area contributed by atoms with E-state index in [1.165, 1.54) is 0 Å². The molecule has 0 radical (unpaired) electrons. The summed E-state index contributed by atoms with van der Waals surface area (Å²) in [5.41, 5.74) is 1.21. The van der Waals surface area contributed by atoms with Gasteiger partial charge in [-0.3, -0.25) is 9.59 Å². The summed E-state index contributed by atoms with van der Waals surface area (Å²) in [6.07, 6.45) is 2.16. The van der Waals surface area contributed by atoms with Gasteiger partial charge in [0.2, 0.25) is 0 Å². The van der Waals surface area contributed by atoms with E-state index in [0.29, 0.717) is 30.2 Å². The van der Waals surface area contributed by atoms with Crippen molar-refractivity contribution in [2.45, 2.75) is 39.2 Å². The Morgan fingerprint density at radius 3 is 2.59 bits per heavy atom. The fourth-order valence-corrected chi connectivity index (χ4v) is 3.11. The molecule has 0 fully saturated rings. The molecule has 1 heterocycles. The van der Waals surface area contributed by atoms with Crippen molar-refractivity contribution in [1.82, 2.24) is 5.32 Å². The van der Waals surface area contributed by atoms with Crippen LogP contribution < -0.4 is 19.7 Å². The van der Waals surface area contributed by atoms with Gasteiger partial charge < -0.3 is 19.7 Å². The van der Waals surface area contributed by atoms with Crippen molar-refractivity contribution < 1.29 is 19.1 Å². The maximum absolute atomic E-state index is 13.2. The molecule has 3 rings (SSSR count). The molecule has 1 aliphatic heterocycles. The van der Waals surface area contributed by atoms with Crippen molar-refractivity contribution in [2.75, 3.05) is 24.6 Å². The number of hydrogen-bond donors (Lipinski definition) is 1. The number of rotatable bonds is 8. The zero-order valence-corrected chi connectivity index (χ0v) is 17.0. The van der Waals surface area contributed by atoms with Gasteiger partial charge in [-0.1, -0.05) is 32.4 Å². The van der Waals surface area contributed by atoms with Crippen molar-refractivity contribution in [1.29, 1.82) is 0 Å². The second-order valence-electron chi connectivity index (χ2n) is 7.01. The van der Waals surface area contributed by atoms with E-state index in [-0.39, 0.29) is 18.4 Å². The highest BCUT2D eigenvalue weighted by atomic mass is 16.5. The van der Waals surface area contributed by atoms with Crippen molar-refractivity contribution in [2.24, 2.45) is 0 Å². The van der Waals surface area contributed by atoms with Gasteiger partial charge in [-0.25, -0.2) is 0 Å². The summed E-state index contributed by atoms with van der Waals surface area (Å²) < 4.78 is 11.5. The lowest BCUT2D eigenvalue weighted by Crippen LogP contribution is -2.50. The summed E-state index contributed by atoms with van der Waals surface area (Å²) in [5, 5.41) is 2.85. The second kappa shape index (κ2) is 9.96. The fourth-order valence-electron chi connectivity index (χ4n) is 3.11. The molecule has 0 spiro atoms. The zero-order chi connectivity index (χ0) is 20.6. The number of carbonyl (C=O) groups is 2. The van der Waals surface area contributed by atoms with Gasteiger partial charge in [0.1, 0.15) is 11.5 Å². The van der Waals surface area contributed by atoms with E-state index in [0.717, 1.165) is 25.0 Å². The number of ether oxygens (including phenoxy) is 2. The third-order valence-corrected chi connectivity index (χ3v) is 4.73. The van der Waals surface area contributed by atoms with Gasteiger partial charge in [0, 0.05) is 12.1 Å². The van der Waals surface area contributed by atoms with Gasteiger partial charge in [-0.2, -0.15) is 0 Å². The van der Waals surface area contributed by atoms with Crippen LogP contribution >= 0.6 is 0 Å². The number of unbranched alkanes of at least 4 members (excludes halogenated alkanes) is 1. The van der Waals surface area contributed by atoms with E-state index in [1.54, 1.807) is 35.2 Å². The van der Waals surface area contributed by atoms with E-state index < -0.39 is 6.10 Å². The first-order chi connectivity index (χ1) is 14.1. The first kappa shape index (κ1) is 20.7. The molecule has 1 aliphatic rings. The predicted octanol–water partition coefficient (Wildman–Crippen LogP) is 3.80. The quantitative estimate of drug-likeness (QED) is 0.689. The SMILES string of the molecule is CCCCOc1ccc(C(=O)N2C[C@@H](C(=O)NCCC)Oc3ccccc32)cc1. The second-order valence-corrected chi connectivity index (χ2v) is 7.01. The molecule has 0 saturated heterocycles. The van der Waals surface area contributed by atoms with Crippen LogP contribution in [0, 0.1) is 0 Å². The topological polar surface area (TPSA) is 67.9 Å². The van der Waals surface area contributed by atoms with Gasteiger partial charge >= 0.3 is 0 Å². The molecule has 154 valence electrons. The third kappa shape index (κ3) is 5.08. The Morgan fingerprint density at radius 2 is 1.86 bits per heavy atom. The molecular formula is C23H28N2O4. The van der Waals surface area contributed by atoms with Crippen LogP contribution in [0.15, 0.2) is 48.5 Å². The molecule has 2 aromatic carbocycles. The molecule has 6 nitrogen and oxygen atoms in total. The van der Waals surface area contributed by atoms with Gasteiger partial charge in [-0.05, 0) is 49.2 Å². The number of nitrogens with one attached hydrogen (secondary N) is 1. The highest BCUT2D eigenvalue weighted by Crippen LogP contribution is 2.34. The van der Waals surface area contributed by atoms with E-state index in [2.05, 4.69) is 12.2 Å². The van der Waals surface area contributed by atoms with Gasteiger partial charge in [0.15, 0.2) is 6.10 Å². The number of anilines is 1. The Morgan fingerprint density at radius 1 is 1.10 bits per heavy atom. The van der Waals surface area contributed by atoms with E-state index in [9.17, 15) is 9.59 Å². The Balaban J connectivity index is 1.78. The standard InChI is InChI=1S/C23H28N2O4/c1-3-5-15-28-18-12-10-17(11-13-18)23(27)25-16-21(22(26)24-14-4-2)29-20-9-7-6-8-19(20)25/h6-13,21H,3-5,14-16H2,1-2H3,(H,24,26)/t21-/m0/s1. The third-order valence-electron chi connectivity index (χ3n) is 4.73. The zero-order valence-electron chi connectivity index (χ0n) is 17.0. The Hall–Kier alpha value is -3.02. The van der Waals surface area contributed by atoms with E-state index in [1.807, 2.05) is 25.1 Å². The Labute approximate surface area is 171 Å². The van der Waals surface area contributed by atoms with Gasteiger partial charge in [0.25, 0.3) is 11.8 Å².